The number of thioether (sulfide) groups is 1. The van der Waals surface area contributed by atoms with Crippen LogP contribution in [0, 0.1) is 0 Å². The van der Waals surface area contributed by atoms with E-state index in [9.17, 15) is 13.2 Å². The summed E-state index contributed by atoms with van der Waals surface area (Å²) in [4.78, 5) is 8.59. The van der Waals surface area contributed by atoms with Gasteiger partial charge in [-0.3, -0.25) is 4.98 Å². The largest absolute Gasteiger partial charge is 0.433 e. The normalized spacial score (nSPS) is 12.0. The van der Waals surface area contributed by atoms with Gasteiger partial charge >= 0.3 is 6.18 Å². The molecule has 0 fully saturated rings. The molecule has 120 valence electrons. The summed E-state index contributed by atoms with van der Waals surface area (Å²) in [6.45, 7) is 1.99. The second-order valence-corrected chi connectivity index (χ2v) is 6.81. The first-order valence-electron chi connectivity index (χ1n) is 6.60. The predicted octanol–water partition coefficient (Wildman–Crippen LogP) is 4.71. The minimum absolute atomic E-state index is 0.320. The van der Waals surface area contributed by atoms with E-state index < -0.39 is 11.9 Å². The number of aromatic nitrogens is 4. The summed E-state index contributed by atoms with van der Waals surface area (Å²) < 4.78 is 40.9. The number of alkyl halides is 3. The first kappa shape index (κ1) is 16.3. The Labute approximate surface area is 142 Å². The Hall–Kier alpha value is -1.61. The Morgan fingerprint density at radius 2 is 1.96 bits per heavy atom. The number of rotatable bonds is 3. The molecule has 3 aromatic rings. The minimum Gasteiger partial charge on any atom is -0.251 e. The molecule has 0 radical (unpaired) electrons. The lowest BCUT2D eigenvalue weighted by molar-refractivity contribution is -0.141. The Morgan fingerprint density at radius 1 is 1.17 bits per heavy atom. The van der Waals surface area contributed by atoms with Crippen LogP contribution in [0.25, 0.3) is 16.7 Å². The zero-order valence-corrected chi connectivity index (χ0v) is 14.2. The van der Waals surface area contributed by atoms with Crippen LogP contribution in [0.3, 0.4) is 0 Å². The number of halogens is 4. The molecule has 0 bridgehead atoms. The topological polar surface area (TPSA) is 43.6 Å². The summed E-state index contributed by atoms with van der Waals surface area (Å²) in [7, 11) is 0. The van der Waals surface area contributed by atoms with Crippen LogP contribution in [-0.2, 0) is 6.18 Å². The van der Waals surface area contributed by atoms with Gasteiger partial charge in [-0.25, -0.2) is 9.67 Å². The molecule has 0 saturated heterocycles. The van der Waals surface area contributed by atoms with Crippen LogP contribution in [-0.4, -0.2) is 25.5 Å². The van der Waals surface area contributed by atoms with Crippen molar-refractivity contribution in [2.75, 3.05) is 5.75 Å². The fourth-order valence-electron chi connectivity index (χ4n) is 2.08. The summed E-state index contributed by atoms with van der Waals surface area (Å²) >= 11 is 4.89. The van der Waals surface area contributed by atoms with Crippen LogP contribution >= 0.6 is 27.7 Å². The molecular formula is C14H10BrF3N4S. The molecule has 3 rings (SSSR count). The summed E-state index contributed by atoms with van der Waals surface area (Å²) in [5.41, 5.74) is -0.631. The zero-order chi connectivity index (χ0) is 16.6. The molecule has 0 spiro atoms. The maximum atomic E-state index is 12.9. The third kappa shape index (κ3) is 3.20. The van der Waals surface area contributed by atoms with Crippen molar-refractivity contribution in [2.24, 2.45) is 0 Å². The number of nitrogens with zero attached hydrogens (tertiary/aromatic N) is 4. The molecule has 0 aliphatic rings. The van der Waals surface area contributed by atoms with E-state index in [1.165, 1.54) is 17.1 Å². The Bertz CT molecular complexity index is 863. The van der Waals surface area contributed by atoms with Gasteiger partial charge in [0.25, 0.3) is 0 Å². The van der Waals surface area contributed by atoms with E-state index >= 15 is 0 Å². The van der Waals surface area contributed by atoms with Gasteiger partial charge < -0.3 is 0 Å². The second-order valence-electron chi connectivity index (χ2n) is 4.59. The molecule has 0 amide bonds. The molecule has 0 unspecified atom stereocenters. The van der Waals surface area contributed by atoms with Crippen molar-refractivity contribution >= 4 is 38.6 Å². The third-order valence-electron chi connectivity index (χ3n) is 3.04. The van der Waals surface area contributed by atoms with E-state index in [2.05, 4.69) is 31.0 Å². The summed E-state index contributed by atoms with van der Waals surface area (Å²) in [5.74, 6) is 1.30. The fourth-order valence-corrected chi connectivity index (χ4v) is 3.35. The van der Waals surface area contributed by atoms with Crippen LogP contribution in [0.15, 0.2) is 40.1 Å². The highest BCUT2D eigenvalue weighted by Crippen LogP contribution is 2.32. The standard InChI is InChI=1S/C14H10BrF3N4S/c1-2-23-11-3-9(15)7-20-13(11)22-10-4-12(14(16,17)18)19-5-8(10)6-21-22/h3-7H,2H2,1H3. The van der Waals surface area contributed by atoms with Crippen molar-refractivity contribution in [1.29, 1.82) is 0 Å². The molecule has 3 heterocycles. The molecular weight excluding hydrogens is 393 g/mol. The highest BCUT2D eigenvalue weighted by atomic mass is 79.9. The van der Waals surface area contributed by atoms with Crippen LogP contribution in [0.2, 0.25) is 0 Å². The highest BCUT2D eigenvalue weighted by Gasteiger charge is 2.33. The van der Waals surface area contributed by atoms with Gasteiger partial charge in [0.1, 0.15) is 5.69 Å². The number of hydrogen-bond donors (Lipinski definition) is 0. The highest BCUT2D eigenvalue weighted by molar-refractivity contribution is 9.10. The van der Waals surface area contributed by atoms with Gasteiger partial charge in [0, 0.05) is 22.3 Å². The van der Waals surface area contributed by atoms with E-state index in [-0.39, 0.29) is 0 Å². The quantitative estimate of drug-likeness (QED) is 0.595. The first-order valence-corrected chi connectivity index (χ1v) is 8.37. The molecule has 0 N–H and O–H groups in total. The van der Waals surface area contributed by atoms with Gasteiger partial charge in [0.15, 0.2) is 5.82 Å². The van der Waals surface area contributed by atoms with E-state index in [0.717, 1.165) is 21.2 Å². The molecule has 4 nitrogen and oxygen atoms in total. The SMILES string of the molecule is CCSc1cc(Br)cnc1-n1ncc2cnc(C(F)(F)F)cc21. The summed E-state index contributed by atoms with van der Waals surface area (Å²) in [6, 6.07) is 2.86. The number of hydrogen-bond acceptors (Lipinski definition) is 4. The van der Waals surface area contributed by atoms with Crippen LogP contribution in [0.4, 0.5) is 13.2 Å². The average Bonchev–Trinajstić information content (AvgIpc) is 2.90. The molecule has 9 heteroatoms. The van der Waals surface area contributed by atoms with Crippen LogP contribution in [0.1, 0.15) is 12.6 Å². The first-order chi connectivity index (χ1) is 10.9. The fraction of sp³-hybridized carbons (Fsp3) is 0.214. The van der Waals surface area contributed by atoms with Crippen molar-refractivity contribution in [2.45, 2.75) is 18.0 Å². The number of pyridine rings is 2. The van der Waals surface area contributed by atoms with E-state index in [4.69, 9.17) is 0 Å². The Morgan fingerprint density at radius 3 is 2.65 bits per heavy atom. The van der Waals surface area contributed by atoms with Gasteiger partial charge in [-0.15, -0.1) is 11.8 Å². The molecule has 0 saturated carbocycles. The molecule has 0 aromatic carbocycles. The monoisotopic (exact) mass is 402 g/mol. The van der Waals surface area contributed by atoms with Crippen LogP contribution in [0.5, 0.6) is 0 Å². The van der Waals surface area contributed by atoms with Gasteiger partial charge in [-0.1, -0.05) is 6.92 Å². The Balaban J connectivity index is 2.21. The van der Waals surface area contributed by atoms with Gasteiger partial charge in [0.2, 0.25) is 0 Å². The van der Waals surface area contributed by atoms with Crippen LogP contribution < -0.4 is 0 Å². The molecule has 23 heavy (non-hydrogen) atoms. The average molecular weight is 403 g/mol. The van der Waals surface area contributed by atoms with Gasteiger partial charge in [-0.2, -0.15) is 18.3 Å². The second kappa shape index (κ2) is 6.12. The number of fused-ring (bicyclic) bond motifs is 1. The maximum absolute atomic E-state index is 12.9. The van der Waals surface area contributed by atoms with Crippen molar-refractivity contribution in [3.8, 4) is 5.82 Å². The lowest BCUT2D eigenvalue weighted by Gasteiger charge is -2.10. The van der Waals surface area contributed by atoms with Crippen molar-refractivity contribution in [1.82, 2.24) is 19.7 Å². The lowest BCUT2D eigenvalue weighted by atomic mass is 10.3. The predicted molar refractivity (Wildman–Crippen MR) is 85.8 cm³/mol. The summed E-state index contributed by atoms with van der Waals surface area (Å²) in [5, 5.41) is 4.70. The molecule has 0 aliphatic heterocycles. The smallest absolute Gasteiger partial charge is 0.251 e. The van der Waals surface area contributed by atoms with E-state index in [1.807, 2.05) is 13.0 Å². The Kier molecular flexibility index (Phi) is 4.33. The van der Waals surface area contributed by atoms with E-state index in [1.54, 1.807) is 18.0 Å². The molecule has 0 atom stereocenters. The zero-order valence-electron chi connectivity index (χ0n) is 11.8. The van der Waals surface area contributed by atoms with Gasteiger partial charge in [0.05, 0.1) is 16.6 Å². The molecule has 3 aromatic heterocycles. The minimum atomic E-state index is -4.50. The van der Waals surface area contributed by atoms with E-state index in [0.29, 0.717) is 16.7 Å². The maximum Gasteiger partial charge on any atom is 0.433 e. The van der Waals surface area contributed by atoms with Crippen molar-refractivity contribution in [3.63, 3.8) is 0 Å². The summed E-state index contributed by atoms with van der Waals surface area (Å²) in [6.07, 6.45) is -0.258. The molecule has 0 aliphatic carbocycles. The lowest BCUT2D eigenvalue weighted by Crippen LogP contribution is -2.08. The third-order valence-corrected chi connectivity index (χ3v) is 4.38. The van der Waals surface area contributed by atoms with Crippen molar-refractivity contribution < 1.29 is 13.2 Å². The van der Waals surface area contributed by atoms with Crippen molar-refractivity contribution in [3.05, 3.63) is 40.9 Å². The van der Waals surface area contributed by atoms with Gasteiger partial charge in [-0.05, 0) is 33.8 Å².